The SMILES string of the molecule is COc1c2c(c(O)c3c4c(c(C)cc13)C1OC3(C(OC)OC)OC1C(OC1CC(O)C(O)(C(C)=O)C(C)O1)(O4)C3(O)Cn1cnc3nc(N)[nH]c(=O)c31)C(=O)C(O)CC2OC1CC(C)(O)C(O)C(C)O1. The Labute approximate surface area is 396 Å². The number of aromatic amines is 1. The molecule has 4 fully saturated rings. The van der Waals surface area contributed by atoms with Crippen LogP contribution in [0.4, 0.5) is 5.95 Å². The standard InChI is InChI=1S/C45H55N5O20/c1-15-9-19-26(31(55)28-27(32(19)61-6)21(10-20(52)30(28)54)66-24-12-41(5,58)35(56)16(2)64-24)33-25(15)34-36-44(68-33,67-23-11-22(53)43(60,17(3)51)18(4)65-23)42(59,45(69-34,70-36)39(62-7)63-8)13-50-14-47-37-29(50)38(57)49-40(46)48-37/h9,14,16,18,20-24,34-36,39,52-53,55-56,58-60H,10-13H2,1-8H3,(H3,46,48,49,57). The van der Waals surface area contributed by atoms with Crippen LogP contribution in [0.1, 0.15) is 86.2 Å². The summed E-state index contributed by atoms with van der Waals surface area (Å²) in [5.41, 5.74) is -1.85. The third-order valence-corrected chi connectivity index (χ3v) is 15.0. The number of imidazole rings is 1. The molecule has 0 radical (unpaired) electrons. The number of ether oxygens (including phenoxy) is 10. The largest absolute Gasteiger partial charge is 0.506 e. The molecule has 25 nitrogen and oxygen atoms in total. The van der Waals surface area contributed by atoms with Crippen molar-refractivity contribution in [2.45, 2.75) is 157 Å². The Balaban J connectivity index is 1.20. The number of aromatic hydroxyl groups is 1. The summed E-state index contributed by atoms with van der Waals surface area (Å²) in [6.07, 6.45) is -15.6. The Kier molecular flexibility index (Phi) is 11.3. The maximum Gasteiger partial charge on any atom is 0.278 e. The highest BCUT2D eigenvalue weighted by Crippen LogP contribution is 2.69. The Hall–Kier alpha value is -4.97. The highest BCUT2D eigenvalue weighted by atomic mass is 16.9. The number of H-pyrrole nitrogens is 1. The van der Waals surface area contributed by atoms with E-state index in [2.05, 4.69) is 15.0 Å². The number of Topliss-reactive ketones (excluding diaryl/α,β-unsaturated/α-hetero) is 2. The predicted molar refractivity (Wildman–Crippen MR) is 233 cm³/mol. The lowest BCUT2D eigenvalue weighted by molar-refractivity contribution is -0.427. The van der Waals surface area contributed by atoms with Crippen LogP contribution in [0.2, 0.25) is 0 Å². The first-order valence-electron chi connectivity index (χ1n) is 22.5. The molecule has 380 valence electrons. The number of aliphatic hydroxyl groups is 6. The first-order valence-corrected chi connectivity index (χ1v) is 22.5. The number of anilines is 1. The number of hydrogen-bond donors (Lipinski definition) is 9. The van der Waals surface area contributed by atoms with E-state index < -0.39 is 137 Å². The maximum atomic E-state index is 14.2. The molecule has 0 amide bonds. The van der Waals surface area contributed by atoms with Gasteiger partial charge in [-0.15, -0.1) is 0 Å². The molecule has 6 aliphatic rings. The Morgan fingerprint density at radius 2 is 1.76 bits per heavy atom. The summed E-state index contributed by atoms with van der Waals surface area (Å²) in [5, 5.41) is 82.2. The number of ketones is 2. The van der Waals surface area contributed by atoms with E-state index in [0.29, 0.717) is 5.56 Å². The van der Waals surface area contributed by atoms with Gasteiger partial charge in [-0.25, -0.2) is 4.98 Å². The third kappa shape index (κ3) is 6.44. The van der Waals surface area contributed by atoms with Gasteiger partial charge in [-0.3, -0.25) is 19.4 Å². The van der Waals surface area contributed by atoms with Gasteiger partial charge < -0.3 is 93.4 Å². The molecule has 1 aliphatic carbocycles. The number of aliphatic hydroxyl groups excluding tert-OH is 3. The second kappa shape index (κ2) is 16.3. The van der Waals surface area contributed by atoms with Gasteiger partial charge in [-0.05, 0) is 46.2 Å². The lowest BCUT2D eigenvalue weighted by atomic mass is 9.74. The Bertz CT molecular complexity index is 2870. The summed E-state index contributed by atoms with van der Waals surface area (Å²) >= 11 is 0. The normalized spacial score (nSPS) is 38.8. The number of nitrogens with one attached hydrogen (secondary N) is 1. The van der Waals surface area contributed by atoms with E-state index in [1.165, 1.54) is 46.1 Å². The summed E-state index contributed by atoms with van der Waals surface area (Å²) in [4.78, 5) is 51.3. The van der Waals surface area contributed by atoms with Crippen LogP contribution >= 0.6 is 0 Å². The number of methoxy groups -OCH3 is 3. The van der Waals surface area contributed by atoms with Crippen LogP contribution < -0.4 is 20.8 Å². The van der Waals surface area contributed by atoms with Gasteiger partial charge in [0.1, 0.15) is 35.6 Å². The van der Waals surface area contributed by atoms with Crippen molar-refractivity contribution in [1.29, 1.82) is 0 Å². The first-order chi connectivity index (χ1) is 32.9. The second-order valence-electron chi connectivity index (χ2n) is 19.2. The fourth-order valence-corrected chi connectivity index (χ4v) is 11.6. The fraction of sp³-hybridized carbons (Fsp3) is 0.622. The van der Waals surface area contributed by atoms with Gasteiger partial charge in [-0.1, -0.05) is 0 Å². The molecular formula is C45H55N5O20. The van der Waals surface area contributed by atoms with Crippen molar-refractivity contribution in [2.24, 2.45) is 0 Å². The number of carbonyl (C=O) groups is 2. The lowest BCUT2D eigenvalue weighted by Crippen LogP contribution is -2.78. The number of benzene rings is 2. The van der Waals surface area contributed by atoms with E-state index in [1.807, 2.05) is 0 Å². The van der Waals surface area contributed by atoms with E-state index in [0.717, 1.165) is 6.92 Å². The van der Waals surface area contributed by atoms with Crippen molar-refractivity contribution in [3.63, 3.8) is 0 Å². The molecule has 10 rings (SSSR count). The van der Waals surface area contributed by atoms with Crippen LogP contribution in [-0.4, -0.2) is 172 Å². The molecule has 15 atom stereocenters. The minimum absolute atomic E-state index is 0.0112. The number of aromatic nitrogens is 4. The van der Waals surface area contributed by atoms with Crippen molar-refractivity contribution in [1.82, 2.24) is 19.5 Å². The molecule has 4 saturated heterocycles. The summed E-state index contributed by atoms with van der Waals surface area (Å²) in [6, 6.07) is 1.63. The van der Waals surface area contributed by atoms with Gasteiger partial charge in [-0.2, -0.15) is 4.98 Å². The van der Waals surface area contributed by atoms with E-state index in [1.54, 1.807) is 19.9 Å². The van der Waals surface area contributed by atoms with Crippen molar-refractivity contribution in [3.8, 4) is 17.2 Å². The summed E-state index contributed by atoms with van der Waals surface area (Å²) in [5.74, 6) is -8.12. The van der Waals surface area contributed by atoms with Crippen molar-refractivity contribution >= 4 is 39.5 Å². The molecular weight excluding hydrogens is 931 g/mol. The number of hydrogen-bond acceptors (Lipinski definition) is 23. The fourth-order valence-electron chi connectivity index (χ4n) is 11.6. The molecule has 0 saturated carbocycles. The van der Waals surface area contributed by atoms with Gasteiger partial charge in [0.2, 0.25) is 17.8 Å². The average molecular weight is 986 g/mol. The van der Waals surface area contributed by atoms with Crippen molar-refractivity contribution in [2.75, 3.05) is 27.1 Å². The van der Waals surface area contributed by atoms with Crippen LogP contribution in [0, 0.1) is 6.92 Å². The molecule has 10 N–H and O–H groups in total. The van der Waals surface area contributed by atoms with Crippen LogP contribution in [0.15, 0.2) is 17.2 Å². The van der Waals surface area contributed by atoms with Gasteiger partial charge in [0.25, 0.3) is 17.1 Å². The van der Waals surface area contributed by atoms with Gasteiger partial charge in [0.05, 0.1) is 60.9 Å². The topological polar surface area (TPSA) is 358 Å². The highest BCUT2D eigenvalue weighted by Gasteiger charge is 2.88. The van der Waals surface area contributed by atoms with Gasteiger partial charge in [0.15, 0.2) is 47.0 Å². The number of aryl methyl sites for hydroxylation is 1. The van der Waals surface area contributed by atoms with Crippen molar-refractivity contribution in [3.05, 3.63) is 45.0 Å². The maximum absolute atomic E-state index is 14.2. The van der Waals surface area contributed by atoms with E-state index >= 15 is 0 Å². The molecule has 7 heterocycles. The van der Waals surface area contributed by atoms with Crippen LogP contribution in [0.25, 0.3) is 21.9 Å². The number of phenols is 1. The van der Waals surface area contributed by atoms with Crippen LogP contribution in [-0.2, 0) is 49.2 Å². The zero-order valence-corrected chi connectivity index (χ0v) is 39.2. The second-order valence-corrected chi connectivity index (χ2v) is 19.2. The summed E-state index contributed by atoms with van der Waals surface area (Å²) in [7, 11) is 3.80. The Morgan fingerprint density at radius 3 is 2.40 bits per heavy atom. The van der Waals surface area contributed by atoms with Crippen LogP contribution in [0.3, 0.4) is 0 Å². The van der Waals surface area contributed by atoms with E-state index in [9.17, 15) is 50.1 Å². The molecule has 15 unspecified atom stereocenters. The zero-order chi connectivity index (χ0) is 50.5. The molecule has 2 aromatic carbocycles. The van der Waals surface area contributed by atoms with E-state index in [-0.39, 0.29) is 63.4 Å². The number of carbonyl (C=O) groups excluding carboxylic acids is 2. The van der Waals surface area contributed by atoms with E-state index in [4.69, 9.17) is 53.1 Å². The number of nitrogens with two attached hydrogens (primary N) is 1. The third-order valence-electron chi connectivity index (χ3n) is 15.0. The van der Waals surface area contributed by atoms with Crippen molar-refractivity contribution < 1.29 is 92.7 Å². The predicted octanol–water partition coefficient (Wildman–Crippen LogP) is -0.733. The van der Waals surface area contributed by atoms with Crippen LogP contribution in [0.5, 0.6) is 17.2 Å². The molecule has 0 spiro atoms. The minimum atomic E-state index is -2.82. The number of fused-ring (bicyclic) bond motifs is 7. The number of nitrogens with zero attached hydrogens (tertiary/aromatic N) is 3. The molecule has 4 aromatic rings. The Morgan fingerprint density at radius 1 is 1.04 bits per heavy atom. The smallest absolute Gasteiger partial charge is 0.278 e. The summed E-state index contributed by atoms with van der Waals surface area (Å²) < 4.78 is 64.7. The zero-order valence-electron chi connectivity index (χ0n) is 39.2. The first kappa shape index (κ1) is 48.6. The lowest BCUT2D eigenvalue weighted by Gasteiger charge is -2.56. The molecule has 5 aliphatic heterocycles. The molecule has 70 heavy (non-hydrogen) atoms. The number of rotatable bonds is 11. The van der Waals surface area contributed by atoms with Gasteiger partial charge >= 0.3 is 0 Å². The monoisotopic (exact) mass is 985 g/mol. The summed E-state index contributed by atoms with van der Waals surface area (Å²) in [6.45, 7) is 6.30. The quantitative estimate of drug-likeness (QED) is 0.0836. The highest BCUT2D eigenvalue weighted by molar-refractivity contribution is 6.13. The molecule has 25 heteroatoms. The number of nitrogen functional groups attached to an aromatic ring is 1. The van der Waals surface area contributed by atoms with Gasteiger partial charge in [0, 0.05) is 50.0 Å². The molecule has 2 bridgehead atoms. The number of phenolic OH excluding ortho intramolecular Hbond substituents is 1. The average Bonchev–Trinajstić information content (AvgIpc) is 3.94. The molecule has 2 aromatic heterocycles. The minimum Gasteiger partial charge on any atom is -0.506 e.